The molecule has 6 N–H and O–H groups in total. The number of rotatable bonds is 5. The summed E-state index contributed by atoms with van der Waals surface area (Å²) in [6.07, 6.45) is -4.46. The normalized spacial score (nSPS) is 39.9. The lowest BCUT2D eigenvalue weighted by Gasteiger charge is -2.40. The van der Waals surface area contributed by atoms with Crippen LogP contribution in [0.1, 0.15) is 0 Å². The topological polar surface area (TPSA) is 117 Å². The molecule has 1 saturated heterocycles. The van der Waals surface area contributed by atoms with Gasteiger partial charge in [-0.15, -0.1) is 4.48 Å². The molecule has 0 aromatic heterocycles. The van der Waals surface area contributed by atoms with E-state index in [-0.39, 0.29) is 13.2 Å². The summed E-state index contributed by atoms with van der Waals surface area (Å²) in [5.41, 5.74) is 6.94. The highest BCUT2D eigenvalue weighted by molar-refractivity contribution is 4.91. The summed E-state index contributed by atoms with van der Waals surface area (Å²) in [6, 6.07) is -0.947. The van der Waals surface area contributed by atoms with Crippen LogP contribution < -0.4 is 11.3 Å². The molecule has 1 aliphatic heterocycles. The van der Waals surface area contributed by atoms with Crippen LogP contribution in [0.15, 0.2) is 0 Å². The van der Waals surface area contributed by atoms with Crippen LogP contribution in [-0.4, -0.2) is 65.7 Å². The van der Waals surface area contributed by atoms with Crippen LogP contribution in [0, 0.1) is 0 Å². The maximum Gasteiger partial charge on any atom is 0.175 e. The Morgan fingerprint density at radius 1 is 1.38 bits per heavy atom. The summed E-state index contributed by atoms with van der Waals surface area (Å²) in [5.74, 6) is 0. The van der Waals surface area contributed by atoms with Crippen LogP contribution in [0.5, 0.6) is 0 Å². The molecule has 0 radical (unpaired) electrons. The molecule has 5 atom stereocenters. The lowest BCUT2D eigenvalue weighted by Crippen LogP contribution is -2.62. The van der Waals surface area contributed by atoms with Gasteiger partial charge in [0.1, 0.15) is 18.3 Å². The SMILES string of the molecule is N[C@H]1C(O)[C@@H](O)C(CO)O[C@H]1OCCNF. The van der Waals surface area contributed by atoms with Gasteiger partial charge in [0.15, 0.2) is 6.29 Å². The molecular formula is C8H17FN2O5. The first kappa shape index (κ1) is 13.7. The number of nitrogens with two attached hydrogens (primary N) is 1. The highest BCUT2D eigenvalue weighted by Crippen LogP contribution is 2.20. The number of ether oxygens (including phenoxy) is 2. The molecule has 1 aliphatic rings. The van der Waals surface area contributed by atoms with Crippen molar-refractivity contribution in [3.8, 4) is 0 Å². The Labute approximate surface area is 91.9 Å². The highest BCUT2D eigenvalue weighted by atomic mass is 19.2. The summed E-state index contributed by atoms with van der Waals surface area (Å²) >= 11 is 0. The van der Waals surface area contributed by atoms with Gasteiger partial charge in [-0.3, -0.25) is 0 Å². The van der Waals surface area contributed by atoms with Crippen molar-refractivity contribution in [1.82, 2.24) is 5.54 Å². The van der Waals surface area contributed by atoms with E-state index in [4.69, 9.17) is 20.3 Å². The van der Waals surface area contributed by atoms with E-state index >= 15 is 0 Å². The summed E-state index contributed by atoms with van der Waals surface area (Å²) in [5, 5.41) is 27.9. The third-order valence-corrected chi connectivity index (χ3v) is 2.41. The summed E-state index contributed by atoms with van der Waals surface area (Å²) in [7, 11) is 0. The fourth-order valence-electron chi connectivity index (χ4n) is 1.47. The van der Waals surface area contributed by atoms with Gasteiger partial charge in [0.25, 0.3) is 0 Å². The molecule has 2 unspecified atom stereocenters. The Balaban J connectivity index is 2.50. The lowest BCUT2D eigenvalue weighted by molar-refractivity contribution is -0.265. The number of aliphatic hydroxyl groups is 3. The van der Waals surface area contributed by atoms with Crippen LogP contribution in [-0.2, 0) is 9.47 Å². The minimum atomic E-state index is -1.26. The second-order valence-electron chi connectivity index (χ2n) is 3.54. The first-order valence-electron chi connectivity index (χ1n) is 4.95. The zero-order chi connectivity index (χ0) is 12.1. The smallest absolute Gasteiger partial charge is 0.175 e. The monoisotopic (exact) mass is 240 g/mol. The van der Waals surface area contributed by atoms with Crippen LogP contribution in [0.25, 0.3) is 0 Å². The quantitative estimate of drug-likeness (QED) is 0.261. The van der Waals surface area contributed by atoms with Crippen LogP contribution in [0.2, 0.25) is 0 Å². The van der Waals surface area contributed by atoms with Crippen molar-refractivity contribution in [3.05, 3.63) is 0 Å². The van der Waals surface area contributed by atoms with Crippen molar-refractivity contribution in [2.75, 3.05) is 19.8 Å². The third-order valence-electron chi connectivity index (χ3n) is 2.41. The molecule has 0 spiro atoms. The molecule has 96 valence electrons. The molecule has 16 heavy (non-hydrogen) atoms. The zero-order valence-corrected chi connectivity index (χ0v) is 8.62. The average Bonchev–Trinajstić information content (AvgIpc) is 2.29. The maximum absolute atomic E-state index is 11.6. The molecule has 0 amide bonds. The van der Waals surface area contributed by atoms with Gasteiger partial charge in [0.2, 0.25) is 0 Å². The standard InChI is InChI=1S/C8H17FN2O5/c9-11-1-2-15-8-5(10)7(14)6(13)4(3-12)16-8/h4-8,11-14H,1-3,10H2/t4?,5-,6-,7?,8+/m0/s1. The van der Waals surface area contributed by atoms with Crippen molar-refractivity contribution in [1.29, 1.82) is 0 Å². The second-order valence-corrected chi connectivity index (χ2v) is 3.54. The van der Waals surface area contributed by atoms with E-state index in [0.717, 1.165) is 0 Å². The van der Waals surface area contributed by atoms with E-state index < -0.39 is 37.3 Å². The lowest BCUT2D eigenvalue weighted by atomic mass is 9.98. The first-order valence-corrected chi connectivity index (χ1v) is 4.95. The third kappa shape index (κ3) is 3.08. The largest absolute Gasteiger partial charge is 0.394 e. The van der Waals surface area contributed by atoms with Gasteiger partial charge in [-0.25, -0.2) is 0 Å². The predicted molar refractivity (Wildman–Crippen MR) is 50.8 cm³/mol. The van der Waals surface area contributed by atoms with Crippen molar-refractivity contribution in [2.24, 2.45) is 5.73 Å². The van der Waals surface area contributed by atoms with Gasteiger partial charge >= 0.3 is 0 Å². The van der Waals surface area contributed by atoms with Crippen molar-refractivity contribution >= 4 is 0 Å². The Kier molecular flexibility index (Phi) is 5.49. The van der Waals surface area contributed by atoms with Crippen molar-refractivity contribution in [3.63, 3.8) is 0 Å². The Hall–Kier alpha value is -0.350. The van der Waals surface area contributed by atoms with E-state index in [1.54, 1.807) is 0 Å². The number of halogens is 1. The highest BCUT2D eigenvalue weighted by Gasteiger charge is 2.42. The maximum atomic E-state index is 11.6. The molecule has 7 nitrogen and oxygen atoms in total. The molecule has 8 heteroatoms. The van der Waals surface area contributed by atoms with Gasteiger partial charge in [-0.2, -0.15) is 5.54 Å². The van der Waals surface area contributed by atoms with Crippen LogP contribution in [0.3, 0.4) is 0 Å². The summed E-state index contributed by atoms with van der Waals surface area (Å²) in [4.78, 5) is 0. The van der Waals surface area contributed by atoms with Crippen molar-refractivity contribution in [2.45, 2.75) is 30.6 Å². The van der Waals surface area contributed by atoms with Gasteiger partial charge in [-0.1, -0.05) is 0 Å². The first-order chi connectivity index (χ1) is 7.61. The number of nitrogens with one attached hydrogen (secondary N) is 1. The zero-order valence-electron chi connectivity index (χ0n) is 8.62. The molecule has 0 aromatic carbocycles. The molecule has 0 aliphatic carbocycles. The minimum absolute atomic E-state index is 0.00414. The van der Waals surface area contributed by atoms with E-state index in [9.17, 15) is 14.7 Å². The second kappa shape index (κ2) is 6.40. The molecular weight excluding hydrogens is 223 g/mol. The molecule has 1 fully saturated rings. The van der Waals surface area contributed by atoms with E-state index in [2.05, 4.69) is 0 Å². The Morgan fingerprint density at radius 3 is 2.62 bits per heavy atom. The van der Waals surface area contributed by atoms with E-state index in [0.29, 0.717) is 0 Å². The summed E-state index contributed by atoms with van der Waals surface area (Å²) in [6.45, 7) is -0.517. The molecule has 0 bridgehead atoms. The summed E-state index contributed by atoms with van der Waals surface area (Å²) < 4.78 is 21.8. The van der Waals surface area contributed by atoms with Gasteiger partial charge in [0, 0.05) is 6.54 Å². The number of hydrogen-bond acceptors (Lipinski definition) is 7. The molecule has 1 heterocycles. The fraction of sp³-hybridized carbons (Fsp3) is 1.00. The van der Waals surface area contributed by atoms with Gasteiger partial charge < -0.3 is 30.5 Å². The Bertz CT molecular complexity index is 209. The molecule has 0 aromatic rings. The molecule has 1 rings (SSSR count). The minimum Gasteiger partial charge on any atom is -0.394 e. The van der Waals surface area contributed by atoms with Crippen molar-refractivity contribution < 1.29 is 29.3 Å². The molecule has 0 saturated carbocycles. The predicted octanol–water partition coefficient (Wildman–Crippen LogP) is -2.76. The van der Waals surface area contributed by atoms with Gasteiger partial charge in [-0.05, 0) is 0 Å². The fourth-order valence-corrected chi connectivity index (χ4v) is 1.47. The van der Waals surface area contributed by atoms with Gasteiger partial charge in [0.05, 0.1) is 19.3 Å². The Morgan fingerprint density at radius 2 is 2.06 bits per heavy atom. The van der Waals surface area contributed by atoms with E-state index in [1.165, 1.54) is 5.54 Å². The van der Waals surface area contributed by atoms with Crippen LogP contribution in [0.4, 0.5) is 4.48 Å². The number of aliphatic hydroxyl groups excluding tert-OH is 3. The number of hydrogen-bond donors (Lipinski definition) is 5. The average molecular weight is 240 g/mol. The van der Waals surface area contributed by atoms with E-state index in [1.807, 2.05) is 0 Å². The van der Waals surface area contributed by atoms with Crippen LogP contribution >= 0.6 is 0 Å².